The molecule has 4 heteroatoms. The first kappa shape index (κ1) is 19.7. The molecule has 1 atom stereocenters. The number of nitrogens with one attached hydrogen (secondary N) is 1. The number of rotatable bonds is 7. The zero-order chi connectivity index (χ0) is 19.1. The van der Waals surface area contributed by atoms with E-state index in [0.29, 0.717) is 6.54 Å². The smallest absolute Gasteiger partial charge is 0.242 e. The molecule has 0 heterocycles. The molecule has 2 rings (SSSR count). The lowest BCUT2D eigenvalue weighted by atomic mass is 10.1. The molecule has 0 radical (unpaired) electrons. The number of carbonyl (C=O) groups is 2. The Labute approximate surface area is 156 Å². The summed E-state index contributed by atoms with van der Waals surface area (Å²) >= 11 is 0. The topological polar surface area (TPSA) is 49.4 Å². The molecule has 0 spiro atoms. The molecule has 0 aliphatic heterocycles. The Kier molecular flexibility index (Phi) is 6.96. The third kappa shape index (κ3) is 5.73. The highest BCUT2D eigenvalue weighted by Crippen LogP contribution is 2.13. The number of hydrogen-bond donors (Lipinski definition) is 1. The molecule has 0 saturated heterocycles. The lowest BCUT2D eigenvalue weighted by Crippen LogP contribution is -2.49. The molecule has 0 aromatic heterocycles. The van der Waals surface area contributed by atoms with Crippen LogP contribution in [0.3, 0.4) is 0 Å². The summed E-state index contributed by atoms with van der Waals surface area (Å²) in [6, 6.07) is 17.2. The highest BCUT2D eigenvalue weighted by Gasteiger charge is 2.26. The molecule has 1 unspecified atom stereocenters. The summed E-state index contributed by atoms with van der Waals surface area (Å²) in [5.74, 6) is -0.181. The average Bonchev–Trinajstić information content (AvgIpc) is 2.59. The minimum absolute atomic E-state index is 0.0374. The first-order valence-electron chi connectivity index (χ1n) is 9.06. The fourth-order valence-corrected chi connectivity index (χ4v) is 2.87. The Bertz CT molecular complexity index is 741. The van der Waals surface area contributed by atoms with Crippen molar-refractivity contribution in [2.24, 2.45) is 0 Å². The van der Waals surface area contributed by atoms with Crippen molar-refractivity contribution in [2.75, 3.05) is 0 Å². The normalized spacial score (nSPS) is 11.9. The van der Waals surface area contributed by atoms with Crippen LogP contribution in [0, 0.1) is 6.92 Å². The fourth-order valence-electron chi connectivity index (χ4n) is 2.87. The second-order valence-corrected chi connectivity index (χ2v) is 7.01. The molecule has 0 aliphatic carbocycles. The molecule has 0 saturated carbocycles. The van der Waals surface area contributed by atoms with Gasteiger partial charge in [0.2, 0.25) is 11.8 Å². The zero-order valence-electron chi connectivity index (χ0n) is 16.0. The van der Waals surface area contributed by atoms with Crippen molar-refractivity contribution in [3.63, 3.8) is 0 Å². The molecule has 26 heavy (non-hydrogen) atoms. The minimum atomic E-state index is -0.532. The summed E-state index contributed by atoms with van der Waals surface area (Å²) in [5.41, 5.74) is 3.09. The van der Waals surface area contributed by atoms with Crippen LogP contribution < -0.4 is 5.32 Å². The van der Waals surface area contributed by atoms with E-state index in [1.807, 2.05) is 75.4 Å². The Morgan fingerprint density at radius 1 is 0.962 bits per heavy atom. The molecule has 2 aromatic carbocycles. The second kappa shape index (κ2) is 9.18. The predicted octanol–water partition coefficient (Wildman–Crippen LogP) is 3.48. The third-order valence-corrected chi connectivity index (χ3v) is 4.23. The van der Waals surface area contributed by atoms with E-state index in [1.165, 1.54) is 0 Å². The minimum Gasteiger partial charge on any atom is -0.352 e. The first-order chi connectivity index (χ1) is 12.4. The maximum absolute atomic E-state index is 13.0. The molecule has 0 aliphatic rings. The maximum Gasteiger partial charge on any atom is 0.242 e. The second-order valence-electron chi connectivity index (χ2n) is 7.01. The largest absolute Gasteiger partial charge is 0.352 e. The van der Waals surface area contributed by atoms with Crippen LogP contribution in [0.5, 0.6) is 0 Å². The molecule has 1 N–H and O–H groups in total. The van der Waals surface area contributed by atoms with Crippen LogP contribution in [0.25, 0.3) is 0 Å². The standard InChI is InChI=1S/C22H28N2O2/c1-16(2)23-22(26)18(4)24(15-19-10-6-5-7-11-19)21(25)14-20-12-8-9-17(3)13-20/h5-13,16,18H,14-15H2,1-4H3,(H,23,26). The van der Waals surface area contributed by atoms with E-state index in [-0.39, 0.29) is 24.3 Å². The number of carbonyl (C=O) groups excluding carboxylic acids is 2. The van der Waals surface area contributed by atoms with Crippen molar-refractivity contribution in [1.29, 1.82) is 0 Å². The van der Waals surface area contributed by atoms with Gasteiger partial charge in [-0.05, 0) is 38.8 Å². The van der Waals surface area contributed by atoms with Gasteiger partial charge in [0.25, 0.3) is 0 Å². The maximum atomic E-state index is 13.0. The van der Waals surface area contributed by atoms with Gasteiger partial charge in [0.15, 0.2) is 0 Å². The number of nitrogens with zero attached hydrogens (tertiary/aromatic N) is 1. The molecule has 2 aromatic rings. The summed E-state index contributed by atoms with van der Waals surface area (Å²) in [5, 5.41) is 2.90. The quantitative estimate of drug-likeness (QED) is 0.829. The van der Waals surface area contributed by atoms with Gasteiger partial charge in [-0.3, -0.25) is 9.59 Å². The number of benzene rings is 2. The van der Waals surface area contributed by atoms with E-state index >= 15 is 0 Å². The SMILES string of the molecule is Cc1cccc(CC(=O)N(Cc2ccccc2)C(C)C(=O)NC(C)C)c1. The van der Waals surface area contributed by atoms with Crippen molar-refractivity contribution in [2.45, 2.75) is 52.7 Å². The van der Waals surface area contributed by atoms with Gasteiger partial charge < -0.3 is 10.2 Å². The predicted molar refractivity (Wildman–Crippen MR) is 105 cm³/mol. The van der Waals surface area contributed by atoms with E-state index in [0.717, 1.165) is 16.7 Å². The monoisotopic (exact) mass is 352 g/mol. The van der Waals surface area contributed by atoms with Gasteiger partial charge in [-0.15, -0.1) is 0 Å². The van der Waals surface area contributed by atoms with Crippen molar-refractivity contribution in [3.05, 3.63) is 71.3 Å². The van der Waals surface area contributed by atoms with Crippen molar-refractivity contribution in [1.82, 2.24) is 10.2 Å². The van der Waals surface area contributed by atoms with Crippen LogP contribution >= 0.6 is 0 Å². The Morgan fingerprint density at radius 3 is 2.23 bits per heavy atom. The molecular weight excluding hydrogens is 324 g/mol. The number of amides is 2. The van der Waals surface area contributed by atoms with Gasteiger partial charge in [0.1, 0.15) is 6.04 Å². The highest BCUT2D eigenvalue weighted by atomic mass is 16.2. The van der Waals surface area contributed by atoms with Gasteiger partial charge in [0.05, 0.1) is 6.42 Å². The Hall–Kier alpha value is -2.62. The number of aryl methyl sites for hydroxylation is 1. The van der Waals surface area contributed by atoms with Crippen molar-refractivity contribution < 1.29 is 9.59 Å². The van der Waals surface area contributed by atoms with E-state index in [9.17, 15) is 9.59 Å². The van der Waals surface area contributed by atoms with E-state index < -0.39 is 6.04 Å². The van der Waals surface area contributed by atoms with Gasteiger partial charge in [-0.1, -0.05) is 60.2 Å². The summed E-state index contributed by atoms with van der Waals surface area (Å²) < 4.78 is 0. The summed E-state index contributed by atoms with van der Waals surface area (Å²) in [6.07, 6.45) is 0.286. The number of hydrogen-bond acceptors (Lipinski definition) is 2. The van der Waals surface area contributed by atoms with Crippen LogP contribution in [0.1, 0.15) is 37.5 Å². The molecule has 138 valence electrons. The first-order valence-corrected chi connectivity index (χ1v) is 9.06. The summed E-state index contributed by atoms with van der Waals surface area (Å²) in [6.45, 7) is 8.04. The van der Waals surface area contributed by atoms with E-state index in [2.05, 4.69) is 5.32 Å². The van der Waals surface area contributed by atoms with E-state index in [1.54, 1.807) is 11.8 Å². The Balaban J connectivity index is 2.20. The van der Waals surface area contributed by atoms with Gasteiger partial charge >= 0.3 is 0 Å². The van der Waals surface area contributed by atoms with Crippen molar-refractivity contribution >= 4 is 11.8 Å². The van der Waals surface area contributed by atoms with Crippen LogP contribution in [-0.2, 0) is 22.6 Å². The fraction of sp³-hybridized carbons (Fsp3) is 0.364. The third-order valence-electron chi connectivity index (χ3n) is 4.23. The van der Waals surface area contributed by atoms with Crippen LogP contribution in [0.15, 0.2) is 54.6 Å². The molecular formula is C22H28N2O2. The lowest BCUT2D eigenvalue weighted by molar-refractivity contribution is -0.140. The molecule has 0 bridgehead atoms. The van der Waals surface area contributed by atoms with Gasteiger partial charge in [-0.2, -0.15) is 0 Å². The lowest BCUT2D eigenvalue weighted by Gasteiger charge is -2.29. The average molecular weight is 352 g/mol. The van der Waals surface area contributed by atoms with Crippen LogP contribution in [0.4, 0.5) is 0 Å². The highest BCUT2D eigenvalue weighted by molar-refractivity contribution is 5.88. The summed E-state index contributed by atoms with van der Waals surface area (Å²) in [4.78, 5) is 27.2. The van der Waals surface area contributed by atoms with Crippen LogP contribution in [-0.4, -0.2) is 28.8 Å². The molecule has 0 fully saturated rings. The van der Waals surface area contributed by atoms with Gasteiger partial charge in [-0.25, -0.2) is 0 Å². The van der Waals surface area contributed by atoms with Crippen LogP contribution in [0.2, 0.25) is 0 Å². The Morgan fingerprint density at radius 2 is 1.62 bits per heavy atom. The van der Waals surface area contributed by atoms with E-state index in [4.69, 9.17) is 0 Å². The summed E-state index contributed by atoms with van der Waals surface area (Å²) in [7, 11) is 0. The van der Waals surface area contributed by atoms with Crippen molar-refractivity contribution in [3.8, 4) is 0 Å². The van der Waals surface area contributed by atoms with Gasteiger partial charge in [0, 0.05) is 12.6 Å². The molecule has 4 nitrogen and oxygen atoms in total. The molecule has 2 amide bonds. The zero-order valence-corrected chi connectivity index (χ0v) is 16.0.